The molecule has 1 fully saturated rings. The van der Waals surface area contributed by atoms with E-state index in [1.54, 1.807) is 7.11 Å². The molecule has 1 heterocycles. The Morgan fingerprint density at radius 3 is 2.00 bits per heavy atom. The first-order valence-electron chi connectivity index (χ1n) is 12.1. The molecule has 184 valence electrons. The molecule has 0 radical (unpaired) electrons. The fourth-order valence-corrected chi connectivity index (χ4v) is 4.48. The Bertz CT molecular complexity index is 1100. The van der Waals surface area contributed by atoms with Gasteiger partial charge in [0, 0.05) is 12.0 Å². The van der Waals surface area contributed by atoms with Crippen molar-refractivity contribution in [1.82, 2.24) is 0 Å². The fourth-order valence-electron chi connectivity index (χ4n) is 4.48. The molecule has 3 aromatic carbocycles. The van der Waals surface area contributed by atoms with Gasteiger partial charge < -0.3 is 18.9 Å². The molecule has 1 aliphatic rings. The van der Waals surface area contributed by atoms with Gasteiger partial charge >= 0.3 is 0 Å². The Hall–Kier alpha value is -3.15. The van der Waals surface area contributed by atoms with E-state index in [4.69, 9.17) is 18.9 Å². The standard InChI is InChI=1S/C30H34O5/c1-20(2)18-23(31)27-25(17-16-24(32-5)28(27)26-19-33-30(3,4)35-26)34-29(21-12-8-6-9-13-21)22-14-10-7-11-15-22/h6-17,20,26,29H,18-19H2,1-5H3. The molecule has 1 atom stereocenters. The molecule has 0 bridgehead atoms. The predicted molar refractivity (Wildman–Crippen MR) is 136 cm³/mol. The molecule has 0 aliphatic carbocycles. The summed E-state index contributed by atoms with van der Waals surface area (Å²) < 4.78 is 24.5. The Morgan fingerprint density at radius 1 is 0.943 bits per heavy atom. The minimum Gasteiger partial charge on any atom is -0.496 e. The average molecular weight is 475 g/mol. The number of rotatable bonds is 9. The predicted octanol–water partition coefficient (Wildman–Crippen LogP) is 6.92. The second kappa shape index (κ2) is 10.6. The molecule has 1 saturated heterocycles. The summed E-state index contributed by atoms with van der Waals surface area (Å²) in [5, 5.41) is 0. The second-order valence-corrected chi connectivity index (χ2v) is 9.71. The van der Waals surface area contributed by atoms with Gasteiger partial charge in [-0.05, 0) is 43.0 Å². The van der Waals surface area contributed by atoms with Crippen LogP contribution >= 0.6 is 0 Å². The summed E-state index contributed by atoms with van der Waals surface area (Å²) >= 11 is 0. The Kier molecular flexibility index (Phi) is 7.58. The number of hydrogen-bond donors (Lipinski definition) is 0. The van der Waals surface area contributed by atoms with Crippen LogP contribution in [-0.4, -0.2) is 25.3 Å². The van der Waals surface area contributed by atoms with Crippen LogP contribution in [0.25, 0.3) is 0 Å². The normalized spacial score (nSPS) is 17.1. The lowest BCUT2D eigenvalue weighted by atomic mass is 9.92. The van der Waals surface area contributed by atoms with Crippen LogP contribution in [0.15, 0.2) is 72.8 Å². The fraction of sp³-hybridized carbons (Fsp3) is 0.367. The van der Waals surface area contributed by atoms with E-state index in [9.17, 15) is 4.79 Å². The molecule has 5 heteroatoms. The average Bonchev–Trinajstić information content (AvgIpc) is 3.21. The largest absolute Gasteiger partial charge is 0.496 e. The first-order chi connectivity index (χ1) is 16.8. The first-order valence-corrected chi connectivity index (χ1v) is 12.1. The van der Waals surface area contributed by atoms with Crippen molar-refractivity contribution in [3.05, 3.63) is 95.1 Å². The van der Waals surface area contributed by atoms with Crippen molar-refractivity contribution >= 4 is 5.78 Å². The number of hydrogen-bond acceptors (Lipinski definition) is 5. The third-order valence-electron chi connectivity index (χ3n) is 6.04. The number of benzene rings is 3. The lowest BCUT2D eigenvalue weighted by Crippen LogP contribution is -2.21. The maximum atomic E-state index is 13.7. The van der Waals surface area contributed by atoms with Gasteiger partial charge in [0.15, 0.2) is 11.6 Å². The van der Waals surface area contributed by atoms with E-state index < -0.39 is 11.9 Å². The monoisotopic (exact) mass is 474 g/mol. The maximum Gasteiger partial charge on any atom is 0.167 e. The summed E-state index contributed by atoms with van der Waals surface area (Å²) in [6.45, 7) is 8.14. The van der Waals surface area contributed by atoms with E-state index in [2.05, 4.69) is 0 Å². The third-order valence-corrected chi connectivity index (χ3v) is 6.04. The molecular formula is C30H34O5. The van der Waals surface area contributed by atoms with Gasteiger partial charge in [-0.2, -0.15) is 0 Å². The molecule has 0 amide bonds. The lowest BCUT2D eigenvalue weighted by molar-refractivity contribution is -0.139. The van der Waals surface area contributed by atoms with Crippen molar-refractivity contribution in [2.75, 3.05) is 13.7 Å². The number of carbonyl (C=O) groups is 1. The molecule has 0 N–H and O–H groups in total. The van der Waals surface area contributed by atoms with E-state index in [-0.39, 0.29) is 17.8 Å². The summed E-state index contributed by atoms with van der Waals surface area (Å²) in [6, 6.07) is 23.7. The Labute approximate surface area is 208 Å². The zero-order valence-corrected chi connectivity index (χ0v) is 21.1. The number of carbonyl (C=O) groups excluding carboxylic acids is 1. The molecule has 4 rings (SSSR count). The van der Waals surface area contributed by atoms with Crippen molar-refractivity contribution in [3.8, 4) is 11.5 Å². The van der Waals surface area contributed by atoms with Crippen LogP contribution in [0.4, 0.5) is 0 Å². The zero-order chi connectivity index (χ0) is 25.0. The summed E-state index contributed by atoms with van der Waals surface area (Å²) in [6.07, 6.45) is -0.447. The van der Waals surface area contributed by atoms with Gasteiger partial charge in [0.1, 0.15) is 23.7 Å². The molecule has 0 spiro atoms. The highest BCUT2D eigenvalue weighted by atomic mass is 16.7. The summed E-state index contributed by atoms with van der Waals surface area (Å²) in [4.78, 5) is 13.7. The van der Waals surface area contributed by atoms with Crippen LogP contribution in [0.1, 0.15) is 73.4 Å². The van der Waals surface area contributed by atoms with Gasteiger partial charge in [0.25, 0.3) is 0 Å². The highest BCUT2D eigenvalue weighted by Gasteiger charge is 2.38. The minimum atomic E-state index is -0.748. The first kappa shape index (κ1) is 25.0. The number of Topliss-reactive ketones (excluding diaryl/α,β-unsaturated/α-hetero) is 1. The molecule has 1 aliphatic heterocycles. The van der Waals surface area contributed by atoms with E-state index in [0.29, 0.717) is 35.7 Å². The van der Waals surface area contributed by atoms with Crippen molar-refractivity contribution < 1.29 is 23.7 Å². The van der Waals surface area contributed by atoms with Crippen LogP contribution in [0.2, 0.25) is 0 Å². The molecule has 3 aromatic rings. The highest BCUT2D eigenvalue weighted by Crippen LogP contribution is 2.44. The molecule has 0 aromatic heterocycles. The number of methoxy groups -OCH3 is 1. The van der Waals surface area contributed by atoms with Crippen LogP contribution in [-0.2, 0) is 9.47 Å². The number of ether oxygens (including phenoxy) is 4. The second-order valence-electron chi connectivity index (χ2n) is 9.71. The summed E-state index contributed by atoms with van der Waals surface area (Å²) in [5.74, 6) is 0.536. The molecule has 35 heavy (non-hydrogen) atoms. The smallest absolute Gasteiger partial charge is 0.167 e. The van der Waals surface area contributed by atoms with Gasteiger partial charge in [-0.25, -0.2) is 0 Å². The topological polar surface area (TPSA) is 54.0 Å². The molecular weight excluding hydrogens is 440 g/mol. The van der Waals surface area contributed by atoms with Crippen LogP contribution in [0.5, 0.6) is 11.5 Å². The molecule has 0 saturated carbocycles. The third kappa shape index (κ3) is 5.75. The van der Waals surface area contributed by atoms with Crippen LogP contribution in [0, 0.1) is 5.92 Å². The Balaban J connectivity index is 1.85. The van der Waals surface area contributed by atoms with Crippen molar-refractivity contribution in [2.45, 2.75) is 52.1 Å². The summed E-state index contributed by atoms with van der Waals surface area (Å²) in [5.41, 5.74) is 3.18. The molecule has 1 unspecified atom stereocenters. The molecule has 5 nitrogen and oxygen atoms in total. The van der Waals surface area contributed by atoms with Gasteiger partial charge in [-0.15, -0.1) is 0 Å². The van der Waals surface area contributed by atoms with Crippen molar-refractivity contribution in [2.24, 2.45) is 5.92 Å². The van der Waals surface area contributed by atoms with E-state index in [1.807, 2.05) is 100 Å². The van der Waals surface area contributed by atoms with Crippen molar-refractivity contribution in [3.63, 3.8) is 0 Å². The quantitative estimate of drug-likeness (QED) is 0.315. The van der Waals surface area contributed by atoms with Crippen LogP contribution in [0.3, 0.4) is 0 Å². The maximum absolute atomic E-state index is 13.7. The van der Waals surface area contributed by atoms with Gasteiger partial charge in [-0.1, -0.05) is 74.5 Å². The zero-order valence-electron chi connectivity index (χ0n) is 21.1. The van der Waals surface area contributed by atoms with E-state index in [0.717, 1.165) is 11.1 Å². The SMILES string of the molecule is COc1ccc(OC(c2ccccc2)c2ccccc2)c(C(=O)CC(C)C)c1C1COC(C)(C)O1. The van der Waals surface area contributed by atoms with Crippen LogP contribution < -0.4 is 9.47 Å². The van der Waals surface area contributed by atoms with E-state index >= 15 is 0 Å². The number of ketones is 1. The summed E-state index contributed by atoms with van der Waals surface area (Å²) in [7, 11) is 1.60. The highest BCUT2D eigenvalue weighted by molar-refractivity contribution is 6.01. The Morgan fingerprint density at radius 2 is 1.51 bits per heavy atom. The van der Waals surface area contributed by atoms with Gasteiger partial charge in [-0.3, -0.25) is 4.79 Å². The lowest BCUT2D eigenvalue weighted by Gasteiger charge is -2.26. The van der Waals surface area contributed by atoms with Gasteiger partial charge in [0.2, 0.25) is 0 Å². The van der Waals surface area contributed by atoms with Gasteiger partial charge in [0.05, 0.1) is 19.3 Å². The minimum absolute atomic E-state index is 0.00270. The van der Waals surface area contributed by atoms with Crippen molar-refractivity contribution in [1.29, 1.82) is 0 Å². The van der Waals surface area contributed by atoms with E-state index in [1.165, 1.54) is 0 Å².